The molecule has 0 fully saturated rings. The normalized spacial score (nSPS) is 11.5. The Kier molecular flexibility index (Phi) is 4.04. The van der Waals surface area contributed by atoms with Crippen molar-refractivity contribution >= 4 is 5.71 Å². The number of nitrogens with one attached hydrogen (secondary N) is 1. The molecule has 0 radical (unpaired) electrons. The maximum absolute atomic E-state index is 8.70. The van der Waals surface area contributed by atoms with Crippen molar-refractivity contribution in [2.24, 2.45) is 0 Å². The fraction of sp³-hybridized carbons (Fsp3) is 0.350. The summed E-state index contributed by atoms with van der Waals surface area (Å²) in [6.45, 7) is 13.1. The van der Waals surface area contributed by atoms with Crippen molar-refractivity contribution in [1.29, 1.82) is 5.41 Å². The standard InChI is InChI=1S/C20H25N/c1-13-12-17(20(4,5)6)18(15(3)14(13)2)19(21)16-10-8-7-9-11-16/h7-12,21H,1-6H3. The van der Waals surface area contributed by atoms with E-state index in [0.717, 1.165) is 11.1 Å². The van der Waals surface area contributed by atoms with Gasteiger partial charge in [0.15, 0.2) is 0 Å². The van der Waals surface area contributed by atoms with Gasteiger partial charge in [-0.15, -0.1) is 0 Å². The third-order valence-electron chi connectivity index (χ3n) is 4.28. The van der Waals surface area contributed by atoms with E-state index in [-0.39, 0.29) is 5.41 Å². The fourth-order valence-electron chi connectivity index (χ4n) is 2.75. The van der Waals surface area contributed by atoms with Crippen molar-refractivity contribution in [3.63, 3.8) is 0 Å². The average Bonchev–Trinajstić information content (AvgIpc) is 2.43. The molecule has 0 atom stereocenters. The van der Waals surface area contributed by atoms with Gasteiger partial charge in [0.1, 0.15) is 0 Å². The number of hydrogen-bond acceptors (Lipinski definition) is 1. The highest BCUT2D eigenvalue weighted by Crippen LogP contribution is 2.32. The molecule has 0 heterocycles. The molecular weight excluding hydrogens is 254 g/mol. The molecule has 0 spiro atoms. The lowest BCUT2D eigenvalue weighted by atomic mass is 9.77. The summed E-state index contributed by atoms with van der Waals surface area (Å²) < 4.78 is 0. The first-order valence-electron chi connectivity index (χ1n) is 7.49. The maximum atomic E-state index is 8.70. The molecule has 0 amide bonds. The van der Waals surface area contributed by atoms with E-state index in [1.807, 2.05) is 30.3 Å². The van der Waals surface area contributed by atoms with E-state index in [1.165, 1.54) is 22.3 Å². The monoisotopic (exact) mass is 279 g/mol. The predicted molar refractivity (Wildman–Crippen MR) is 91.7 cm³/mol. The number of hydrogen-bond donors (Lipinski definition) is 1. The van der Waals surface area contributed by atoms with Crippen LogP contribution < -0.4 is 0 Å². The second-order valence-corrected chi connectivity index (χ2v) is 6.86. The largest absolute Gasteiger partial charge is 0.300 e. The molecule has 2 rings (SSSR count). The summed E-state index contributed by atoms with van der Waals surface area (Å²) in [6, 6.07) is 12.3. The molecule has 0 saturated heterocycles. The van der Waals surface area contributed by atoms with Crippen molar-refractivity contribution < 1.29 is 0 Å². The summed E-state index contributed by atoms with van der Waals surface area (Å²) in [7, 11) is 0. The first-order valence-corrected chi connectivity index (χ1v) is 7.49. The summed E-state index contributed by atoms with van der Waals surface area (Å²) in [5, 5.41) is 8.70. The number of aryl methyl sites for hydroxylation is 1. The topological polar surface area (TPSA) is 23.9 Å². The molecule has 0 unspecified atom stereocenters. The highest BCUT2D eigenvalue weighted by Gasteiger charge is 2.24. The molecule has 0 aliphatic rings. The zero-order chi connectivity index (χ0) is 15.8. The van der Waals surface area contributed by atoms with E-state index in [2.05, 4.69) is 47.6 Å². The Bertz CT molecular complexity index is 673. The van der Waals surface area contributed by atoms with Crippen molar-refractivity contribution in [1.82, 2.24) is 0 Å². The van der Waals surface area contributed by atoms with E-state index in [0.29, 0.717) is 5.71 Å². The molecule has 0 aliphatic carbocycles. The average molecular weight is 279 g/mol. The van der Waals surface area contributed by atoms with E-state index in [9.17, 15) is 0 Å². The van der Waals surface area contributed by atoms with Crippen LogP contribution >= 0.6 is 0 Å². The molecule has 0 saturated carbocycles. The molecular formula is C20H25N. The Morgan fingerprint density at radius 2 is 1.48 bits per heavy atom. The third-order valence-corrected chi connectivity index (χ3v) is 4.28. The lowest BCUT2D eigenvalue weighted by Gasteiger charge is -2.27. The van der Waals surface area contributed by atoms with Crippen molar-refractivity contribution in [2.75, 3.05) is 0 Å². The molecule has 2 aromatic carbocycles. The van der Waals surface area contributed by atoms with E-state index < -0.39 is 0 Å². The summed E-state index contributed by atoms with van der Waals surface area (Å²) in [5.74, 6) is 0. The smallest absolute Gasteiger partial charge is 0.0690 e. The van der Waals surface area contributed by atoms with Gasteiger partial charge in [-0.1, -0.05) is 57.2 Å². The van der Waals surface area contributed by atoms with Gasteiger partial charge in [0, 0.05) is 11.1 Å². The van der Waals surface area contributed by atoms with Gasteiger partial charge in [0.2, 0.25) is 0 Å². The third kappa shape index (κ3) is 2.92. The van der Waals surface area contributed by atoms with Gasteiger partial charge >= 0.3 is 0 Å². The minimum atomic E-state index is 0.0274. The van der Waals surface area contributed by atoms with Crippen LogP contribution in [-0.4, -0.2) is 5.71 Å². The maximum Gasteiger partial charge on any atom is 0.0690 e. The summed E-state index contributed by atoms with van der Waals surface area (Å²) >= 11 is 0. The van der Waals surface area contributed by atoms with Crippen LogP contribution in [0.5, 0.6) is 0 Å². The molecule has 0 bridgehead atoms. The van der Waals surface area contributed by atoms with Crippen LogP contribution in [-0.2, 0) is 5.41 Å². The lowest BCUT2D eigenvalue weighted by molar-refractivity contribution is 0.587. The van der Waals surface area contributed by atoms with Crippen molar-refractivity contribution in [3.8, 4) is 0 Å². The van der Waals surface area contributed by atoms with E-state index in [1.54, 1.807) is 0 Å². The summed E-state index contributed by atoms with van der Waals surface area (Å²) in [5.41, 5.74) is 7.82. The summed E-state index contributed by atoms with van der Waals surface area (Å²) in [6.07, 6.45) is 0. The second kappa shape index (κ2) is 5.48. The lowest BCUT2D eigenvalue weighted by Crippen LogP contribution is -2.20. The van der Waals surface area contributed by atoms with Gasteiger partial charge in [-0.05, 0) is 48.4 Å². The highest BCUT2D eigenvalue weighted by molar-refractivity contribution is 6.13. The predicted octanol–water partition coefficient (Wildman–Crippen LogP) is 5.33. The molecule has 1 nitrogen and oxygen atoms in total. The SMILES string of the molecule is Cc1cc(C(C)(C)C)c(C(=N)c2ccccc2)c(C)c1C. The molecule has 0 aromatic heterocycles. The summed E-state index contributed by atoms with van der Waals surface area (Å²) in [4.78, 5) is 0. The minimum Gasteiger partial charge on any atom is -0.300 e. The van der Waals surface area contributed by atoms with Gasteiger partial charge in [0.25, 0.3) is 0 Å². The highest BCUT2D eigenvalue weighted by atomic mass is 14.4. The Labute approximate surface area is 128 Å². The Hall–Kier alpha value is -1.89. The van der Waals surface area contributed by atoms with Gasteiger partial charge in [0.05, 0.1) is 5.71 Å². The van der Waals surface area contributed by atoms with E-state index in [4.69, 9.17) is 5.41 Å². The molecule has 110 valence electrons. The molecule has 0 aliphatic heterocycles. The first kappa shape index (κ1) is 15.5. The zero-order valence-corrected chi connectivity index (χ0v) is 14.0. The van der Waals surface area contributed by atoms with Crippen LogP contribution in [0, 0.1) is 26.2 Å². The van der Waals surface area contributed by atoms with Crippen LogP contribution in [0.15, 0.2) is 36.4 Å². The Morgan fingerprint density at radius 3 is 2.00 bits per heavy atom. The van der Waals surface area contributed by atoms with E-state index >= 15 is 0 Å². The van der Waals surface area contributed by atoms with Crippen LogP contribution in [0.3, 0.4) is 0 Å². The fourth-order valence-corrected chi connectivity index (χ4v) is 2.75. The van der Waals surface area contributed by atoms with Crippen LogP contribution in [0.1, 0.15) is 54.2 Å². The second-order valence-electron chi connectivity index (χ2n) is 6.86. The van der Waals surface area contributed by atoms with Crippen LogP contribution in [0.2, 0.25) is 0 Å². The first-order chi connectivity index (χ1) is 9.73. The van der Waals surface area contributed by atoms with Crippen LogP contribution in [0.25, 0.3) is 0 Å². The zero-order valence-electron chi connectivity index (χ0n) is 14.0. The van der Waals surface area contributed by atoms with Crippen molar-refractivity contribution in [3.05, 3.63) is 69.8 Å². The van der Waals surface area contributed by atoms with Crippen LogP contribution in [0.4, 0.5) is 0 Å². The van der Waals surface area contributed by atoms with Gasteiger partial charge in [-0.2, -0.15) is 0 Å². The van der Waals surface area contributed by atoms with Gasteiger partial charge in [-0.3, -0.25) is 5.41 Å². The quantitative estimate of drug-likeness (QED) is 0.719. The number of benzene rings is 2. The number of rotatable bonds is 2. The molecule has 2 aromatic rings. The van der Waals surface area contributed by atoms with Gasteiger partial charge in [-0.25, -0.2) is 0 Å². The molecule has 1 N–H and O–H groups in total. The Morgan fingerprint density at radius 1 is 0.905 bits per heavy atom. The Balaban J connectivity index is 2.73. The van der Waals surface area contributed by atoms with Crippen molar-refractivity contribution in [2.45, 2.75) is 47.0 Å². The van der Waals surface area contributed by atoms with Gasteiger partial charge < -0.3 is 0 Å². The molecule has 1 heteroatoms. The minimum absolute atomic E-state index is 0.0274. The molecule has 21 heavy (non-hydrogen) atoms.